The minimum Gasteiger partial charge on any atom is -0.387 e. The van der Waals surface area contributed by atoms with Gasteiger partial charge in [-0.25, -0.2) is 4.79 Å². The minimum atomic E-state index is -4.44. The van der Waals surface area contributed by atoms with Crippen LogP contribution in [0.2, 0.25) is 0 Å². The van der Waals surface area contributed by atoms with Gasteiger partial charge in [0.05, 0.1) is 6.10 Å². The third-order valence-electron chi connectivity index (χ3n) is 1.83. The van der Waals surface area contributed by atoms with Gasteiger partial charge >= 0.3 is 12.2 Å². The van der Waals surface area contributed by atoms with Gasteiger partial charge in [0.25, 0.3) is 0 Å². The van der Waals surface area contributed by atoms with Crippen LogP contribution in [0.5, 0.6) is 0 Å². The summed E-state index contributed by atoms with van der Waals surface area (Å²) in [5, 5.41) is 16.8. The number of hydrogen-bond donors (Lipinski definition) is 3. The number of urea groups is 1. The van der Waals surface area contributed by atoms with Crippen molar-refractivity contribution in [1.29, 1.82) is 0 Å². The first-order valence-electron chi connectivity index (χ1n) is 4.67. The lowest BCUT2D eigenvalue weighted by atomic mass is 10.2. The Morgan fingerprint density at radius 2 is 2.18 bits per heavy atom. The zero-order chi connectivity index (χ0) is 12.9. The van der Waals surface area contributed by atoms with Crippen LogP contribution in [0.15, 0.2) is 16.8 Å². The van der Waals surface area contributed by atoms with Gasteiger partial charge in [0, 0.05) is 6.54 Å². The van der Waals surface area contributed by atoms with E-state index >= 15 is 0 Å². The zero-order valence-corrected chi connectivity index (χ0v) is 9.44. The van der Waals surface area contributed by atoms with Crippen molar-refractivity contribution in [3.8, 4) is 0 Å². The maximum absolute atomic E-state index is 11.7. The maximum Gasteiger partial charge on any atom is 0.405 e. The second kappa shape index (κ2) is 5.87. The first-order valence-corrected chi connectivity index (χ1v) is 5.61. The number of rotatable bonds is 4. The molecule has 0 spiro atoms. The summed E-state index contributed by atoms with van der Waals surface area (Å²) in [5.41, 5.74) is 0.617. The normalized spacial score (nSPS) is 13.2. The average Bonchev–Trinajstić information content (AvgIpc) is 2.75. The number of carbonyl (C=O) groups excluding carboxylic acids is 1. The Balaban J connectivity index is 2.24. The summed E-state index contributed by atoms with van der Waals surface area (Å²) < 4.78 is 35.2. The van der Waals surface area contributed by atoms with E-state index in [1.54, 1.807) is 22.1 Å². The van der Waals surface area contributed by atoms with E-state index in [-0.39, 0.29) is 6.54 Å². The molecule has 0 radical (unpaired) electrons. The molecule has 0 bridgehead atoms. The third kappa shape index (κ3) is 5.55. The largest absolute Gasteiger partial charge is 0.405 e. The minimum absolute atomic E-state index is 0.138. The van der Waals surface area contributed by atoms with Crippen LogP contribution < -0.4 is 10.6 Å². The van der Waals surface area contributed by atoms with Crippen LogP contribution in [0, 0.1) is 0 Å². The van der Waals surface area contributed by atoms with E-state index < -0.39 is 24.9 Å². The number of hydrogen-bond acceptors (Lipinski definition) is 3. The van der Waals surface area contributed by atoms with Gasteiger partial charge in [0.2, 0.25) is 0 Å². The van der Waals surface area contributed by atoms with Crippen LogP contribution in [-0.2, 0) is 0 Å². The molecular weight excluding hydrogens is 257 g/mol. The van der Waals surface area contributed by atoms with Gasteiger partial charge in [-0.3, -0.25) is 0 Å². The molecule has 0 aliphatic rings. The zero-order valence-electron chi connectivity index (χ0n) is 8.62. The second-order valence-electron chi connectivity index (χ2n) is 3.25. The van der Waals surface area contributed by atoms with Crippen LogP contribution in [0.1, 0.15) is 11.7 Å². The maximum atomic E-state index is 11.7. The summed E-state index contributed by atoms with van der Waals surface area (Å²) in [6.45, 7) is -1.53. The third-order valence-corrected chi connectivity index (χ3v) is 2.53. The Morgan fingerprint density at radius 1 is 1.47 bits per heavy atom. The summed E-state index contributed by atoms with van der Waals surface area (Å²) in [6.07, 6.45) is -5.36. The fraction of sp³-hybridized carbons (Fsp3) is 0.444. The van der Waals surface area contributed by atoms with Crippen molar-refractivity contribution in [3.05, 3.63) is 22.4 Å². The highest BCUT2D eigenvalue weighted by Gasteiger charge is 2.27. The molecule has 17 heavy (non-hydrogen) atoms. The van der Waals surface area contributed by atoms with E-state index in [1.165, 1.54) is 11.3 Å². The number of nitrogens with one attached hydrogen (secondary N) is 2. The van der Waals surface area contributed by atoms with Crippen molar-refractivity contribution in [2.24, 2.45) is 0 Å². The van der Waals surface area contributed by atoms with E-state index in [2.05, 4.69) is 5.32 Å². The average molecular weight is 268 g/mol. The molecule has 1 atom stereocenters. The summed E-state index contributed by atoms with van der Waals surface area (Å²) in [4.78, 5) is 10.9. The Morgan fingerprint density at radius 3 is 2.71 bits per heavy atom. The molecule has 0 saturated heterocycles. The summed E-state index contributed by atoms with van der Waals surface area (Å²) in [7, 11) is 0. The molecule has 3 N–H and O–H groups in total. The quantitative estimate of drug-likeness (QED) is 0.777. The van der Waals surface area contributed by atoms with E-state index in [0.717, 1.165) is 0 Å². The molecule has 4 nitrogen and oxygen atoms in total. The van der Waals surface area contributed by atoms with E-state index in [1.807, 2.05) is 0 Å². The monoisotopic (exact) mass is 268 g/mol. The number of halogens is 3. The predicted octanol–water partition coefficient (Wildman–Crippen LogP) is 1.64. The Kier molecular flexibility index (Phi) is 4.76. The van der Waals surface area contributed by atoms with Crippen LogP contribution >= 0.6 is 11.3 Å². The highest BCUT2D eigenvalue weighted by Crippen LogP contribution is 2.15. The number of alkyl halides is 3. The number of carbonyl (C=O) groups is 1. The summed E-state index contributed by atoms with van der Waals surface area (Å²) in [6, 6.07) is 0.710. The molecule has 2 amide bonds. The molecule has 8 heteroatoms. The lowest BCUT2D eigenvalue weighted by molar-refractivity contribution is -0.122. The van der Waals surface area contributed by atoms with E-state index in [4.69, 9.17) is 0 Å². The molecular formula is C9H11F3N2O2S. The second-order valence-corrected chi connectivity index (χ2v) is 4.03. The van der Waals surface area contributed by atoms with Gasteiger partial charge in [0.15, 0.2) is 0 Å². The predicted molar refractivity (Wildman–Crippen MR) is 56.7 cm³/mol. The number of aliphatic hydroxyl groups is 1. The molecule has 0 aliphatic heterocycles. The van der Waals surface area contributed by atoms with Gasteiger partial charge in [-0.1, -0.05) is 0 Å². The van der Waals surface area contributed by atoms with Crippen LogP contribution in [-0.4, -0.2) is 30.4 Å². The molecule has 1 aromatic heterocycles. The highest BCUT2D eigenvalue weighted by molar-refractivity contribution is 7.07. The van der Waals surface area contributed by atoms with Crippen molar-refractivity contribution in [2.45, 2.75) is 12.3 Å². The molecule has 0 aromatic carbocycles. The fourth-order valence-corrected chi connectivity index (χ4v) is 1.72. The molecule has 96 valence electrons. The van der Waals surface area contributed by atoms with Gasteiger partial charge in [-0.05, 0) is 22.4 Å². The first-order chi connectivity index (χ1) is 7.88. The van der Waals surface area contributed by atoms with E-state index in [0.29, 0.717) is 5.56 Å². The highest BCUT2D eigenvalue weighted by atomic mass is 32.1. The Bertz CT molecular complexity index is 354. The van der Waals surface area contributed by atoms with Gasteiger partial charge < -0.3 is 15.7 Å². The lowest BCUT2D eigenvalue weighted by Gasteiger charge is -2.12. The molecule has 0 saturated carbocycles. The molecule has 1 aromatic rings. The summed E-state index contributed by atoms with van der Waals surface area (Å²) >= 11 is 1.38. The Labute approximate surface area is 99.4 Å². The van der Waals surface area contributed by atoms with Gasteiger partial charge in [-0.15, -0.1) is 0 Å². The number of thiophene rings is 1. The van der Waals surface area contributed by atoms with Gasteiger partial charge in [0.1, 0.15) is 6.54 Å². The molecule has 0 fully saturated rings. The summed E-state index contributed by atoms with van der Waals surface area (Å²) in [5.74, 6) is 0. The van der Waals surface area contributed by atoms with Crippen molar-refractivity contribution in [3.63, 3.8) is 0 Å². The number of aliphatic hydroxyl groups excluding tert-OH is 1. The van der Waals surface area contributed by atoms with Crippen LogP contribution in [0.3, 0.4) is 0 Å². The van der Waals surface area contributed by atoms with E-state index in [9.17, 15) is 23.1 Å². The molecule has 1 unspecified atom stereocenters. The van der Waals surface area contributed by atoms with Crippen LogP contribution in [0.4, 0.5) is 18.0 Å². The Hall–Kier alpha value is -1.28. The first kappa shape index (κ1) is 13.8. The lowest BCUT2D eigenvalue weighted by Crippen LogP contribution is -2.42. The smallest absolute Gasteiger partial charge is 0.387 e. The molecule has 0 aliphatic carbocycles. The van der Waals surface area contributed by atoms with Gasteiger partial charge in [-0.2, -0.15) is 24.5 Å². The van der Waals surface area contributed by atoms with Crippen molar-refractivity contribution >= 4 is 17.4 Å². The van der Waals surface area contributed by atoms with Crippen LogP contribution in [0.25, 0.3) is 0 Å². The standard InChI is InChI=1S/C9H11F3N2O2S/c10-9(11,12)5-14-8(16)13-3-7(15)6-1-2-17-4-6/h1-2,4,7,15H,3,5H2,(H2,13,14,16). The molecule has 1 rings (SSSR count). The van der Waals surface area contributed by atoms with Crippen molar-refractivity contribution < 1.29 is 23.1 Å². The topological polar surface area (TPSA) is 61.4 Å². The fourth-order valence-electron chi connectivity index (χ4n) is 1.01. The van der Waals surface area contributed by atoms with Crippen molar-refractivity contribution in [1.82, 2.24) is 10.6 Å². The molecule has 1 heterocycles. The van der Waals surface area contributed by atoms with Crippen molar-refractivity contribution in [2.75, 3.05) is 13.1 Å². The number of amides is 2. The SMILES string of the molecule is O=C(NCC(O)c1ccsc1)NCC(F)(F)F.